The summed E-state index contributed by atoms with van der Waals surface area (Å²) in [6.45, 7) is 0. The van der Waals surface area contributed by atoms with E-state index >= 15 is 0 Å². The van der Waals surface area contributed by atoms with Gasteiger partial charge in [-0.05, 0) is 49.2 Å². The van der Waals surface area contributed by atoms with E-state index in [1.54, 1.807) is 18.9 Å². The first-order valence-electron chi connectivity index (χ1n) is 6.91. The van der Waals surface area contributed by atoms with Gasteiger partial charge >= 0.3 is 0 Å². The summed E-state index contributed by atoms with van der Waals surface area (Å²) in [6, 6.07) is 17.5. The van der Waals surface area contributed by atoms with Crippen LogP contribution in [0.25, 0.3) is 0 Å². The zero-order valence-electron chi connectivity index (χ0n) is 11.8. The number of hydrogen-bond donors (Lipinski definition) is 1. The molecule has 3 rings (SSSR count). The molecule has 0 heterocycles. The number of amides is 1. The van der Waals surface area contributed by atoms with Crippen LogP contribution >= 0.6 is 11.8 Å². The Morgan fingerprint density at radius 1 is 1.10 bits per heavy atom. The zero-order chi connectivity index (χ0) is 14.7. The van der Waals surface area contributed by atoms with Gasteiger partial charge in [0.15, 0.2) is 0 Å². The molecule has 2 aromatic carbocycles. The van der Waals surface area contributed by atoms with Crippen LogP contribution in [0.15, 0.2) is 59.5 Å². The summed E-state index contributed by atoms with van der Waals surface area (Å²) in [5, 5.41) is 3.00. The van der Waals surface area contributed by atoms with Crippen molar-refractivity contribution in [3.63, 3.8) is 0 Å². The third-order valence-corrected chi connectivity index (χ3v) is 5.01. The fourth-order valence-corrected chi connectivity index (χ4v) is 3.32. The van der Waals surface area contributed by atoms with Gasteiger partial charge in [-0.2, -0.15) is 0 Å². The lowest BCUT2D eigenvalue weighted by Gasteiger charge is -2.15. The predicted octanol–water partition coefficient (Wildman–Crippen LogP) is 3.96. The highest BCUT2D eigenvalue weighted by atomic mass is 32.2. The molecule has 1 N–H and O–H groups in total. The highest BCUT2D eigenvalue weighted by Crippen LogP contribution is 2.52. The molecule has 0 bridgehead atoms. The van der Waals surface area contributed by atoms with E-state index in [1.165, 1.54) is 0 Å². The summed E-state index contributed by atoms with van der Waals surface area (Å²) in [5.74, 6) is 0.870. The Morgan fingerprint density at radius 2 is 1.76 bits per heavy atom. The Morgan fingerprint density at radius 3 is 2.33 bits per heavy atom. The second kappa shape index (κ2) is 5.82. The highest BCUT2D eigenvalue weighted by molar-refractivity contribution is 8.01. The second-order valence-corrected chi connectivity index (χ2v) is 6.55. The molecular weight excluding hydrogens is 282 g/mol. The van der Waals surface area contributed by atoms with Crippen molar-refractivity contribution >= 4 is 23.4 Å². The third-order valence-electron chi connectivity index (χ3n) is 3.52. The van der Waals surface area contributed by atoms with Crippen molar-refractivity contribution in [2.45, 2.75) is 22.5 Å². The van der Waals surface area contributed by atoms with Crippen LogP contribution in [-0.4, -0.2) is 17.8 Å². The minimum Gasteiger partial charge on any atom is -0.497 e. The summed E-state index contributed by atoms with van der Waals surface area (Å²) in [4.78, 5) is 13.6. The second-order valence-electron chi connectivity index (χ2n) is 5.09. The molecule has 108 valence electrons. The summed E-state index contributed by atoms with van der Waals surface area (Å²) >= 11 is 1.66. The van der Waals surface area contributed by atoms with Crippen LogP contribution in [0.1, 0.15) is 12.8 Å². The van der Waals surface area contributed by atoms with Gasteiger partial charge in [0.25, 0.3) is 0 Å². The van der Waals surface area contributed by atoms with Crippen molar-refractivity contribution in [2.24, 2.45) is 0 Å². The molecule has 1 fully saturated rings. The van der Waals surface area contributed by atoms with Gasteiger partial charge < -0.3 is 10.1 Å². The number of carbonyl (C=O) groups is 1. The standard InChI is InChI=1S/C17H17NO2S/c1-20-14-9-7-13(8-10-14)18-16(19)17(11-12-17)21-15-5-3-2-4-6-15/h2-10H,11-12H2,1H3,(H,18,19). The minimum atomic E-state index is -0.304. The van der Waals surface area contributed by atoms with Crippen molar-refractivity contribution in [3.8, 4) is 5.75 Å². The molecule has 4 heteroatoms. The fraction of sp³-hybridized carbons (Fsp3) is 0.235. The molecule has 0 saturated heterocycles. The number of nitrogens with one attached hydrogen (secondary N) is 1. The lowest BCUT2D eigenvalue weighted by Crippen LogP contribution is -2.26. The monoisotopic (exact) mass is 299 g/mol. The van der Waals surface area contributed by atoms with Crippen LogP contribution in [-0.2, 0) is 4.79 Å². The first-order chi connectivity index (χ1) is 10.2. The maximum Gasteiger partial charge on any atom is 0.240 e. The van der Waals surface area contributed by atoms with Crippen molar-refractivity contribution < 1.29 is 9.53 Å². The Kier molecular flexibility index (Phi) is 3.88. The number of anilines is 1. The number of hydrogen-bond acceptors (Lipinski definition) is 3. The van der Waals surface area contributed by atoms with E-state index in [-0.39, 0.29) is 10.7 Å². The summed E-state index contributed by atoms with van der Waals surface area (Å²) in [7, 11) is 1.63. The molecule has 3 nitrogen and oxygen atoms in total. The van der Waals surface area contributed by atoms with Gasteiger partial charge in [-0.15, -0.1) is 11.8 Å². The van der Waals surface area contributed by atoms with Crippen LogP contribution in [0.4, 0.5) is 5.69 Å². The maximum absolute atomic E-state index is 12.5. The average Bonchev–Trinajstić information content (AvgIpc) is 3.30. The normalized spacial score (nSPS) is 15.3. The molecule has 0 atom stereocenters. The topological polar surface area (TPSA) is 38.3 Å². The van der Waals surface area contributed by atoms with Crippen molar-refractivity contribution in [1.82, 2.24) is 0 Å². The molecule has 1 aliphatic rings. The van der Waals surface area contributed by atoms with Gasteiger partial charge in [-0.1, -0.05) is 18.2 Å². The molecular formula is C17H17NO2S. The van der Waals surface area contributed by atoms with E-state index in [1.807, 2.05) is 54.6 Å². The molecule has 0 spiro atoms. The largest absolute Gasteiger partial charge is 0.497 e. The van der Waals surface area contributed by atoms with Crippen LogP contribution in [0, 0.1) is 0 Å². The Labute approximate surface area is 128 Å². The Bertz CT molecular complexity index is 621. The molecule has 0 unspecified atom stereocenters. The molecule has 0 aliphatic heterocycles. The number of ether oxygens (including phenoxy) is 1. The number of benzene rings is 2. The molecule has 1 amide bonds. The Balaban J connectivity index is 1.67. The van der Waals surface area contributed by atoms with Crippen LogP contribution in [0.3, 0.4) is 0 Å². The summed E-state index contributed by atoms with van der Waals surface area (Å²) in [6.07, 6.45) is 1.85. The predicted molar refractivity (Wildman–Crippen MR) is 85.9 cm³/mol. The van der Waals surface area contributed by atoms with E-state index < -0.39 is 0 Å². The Hall–Kier alpha value is -1.94. The van der Waals surface area contributed by atoms with E-state index in [0.29, 0.717) is 0 Å². The molecule has 21 heavy (non-hydrogen) atoms. The number of thioether (sulfide) groups is 1. The lowest BCUT2D eigenvalue weighted by molar-refractivity contribution is -0.116. The van der Waals surface area contributed by atoms with Crippen LogP contribution in [0.5, 0.6) is 5.75 Å². The van der Waals surface area contributed by atoms with Crippen LogP contribution < -0.4 is 10.1 Å². The molecule has 2 aromatic rings. The van der Waals surface area contributed by atoms with E-state index in [0.717, 1.165) is 29.2 Å². The number of rotatable bonds is 5. The van der Waals surface area contributed by atoms with E-state index in [2.05, 4.69) is 5.32 Å². The number of methoxy groups -OCH3 is 1. The van der Waals surface area contributed by atoms with Crippen molar-refractivity contribution in [2.75, 3.05) is 12.4 Å². The van der Waals surface area contributed by atoms with Gasteiger partial charge in [-0.25, -0.2) is 0 Å². The fourth-order valence-electron chi connectivity index (χ4n) is 2.12. The number of carbonyl (C=O) groups excluding carboxylic acids is 1. The van der Waals surface area contributed by atoms with Crippen LogP contribution in [0.2, 0.25) is 0 Å². The molecule has 0 radical (unpaired) electrons. The molecule has 0 aromatic heterocycles. The van der Waals surface area contributed by atoms with Gasteiger partial charge in [0.2, 0.25) is 5.91 Å². The maximum atomic E-state index is 12.5. The van der Waals surface area contributed by atoms with Gasteiger partial charge in [-0.3, -0.25) is 4.79 Å². The quantitative estimate of drug-likeness (QED) is 0.908. The molecule has 1 aliphatic carbocycles. The summed E-state index contributed by atoms with van der Waals surface area (Å²) < 4.78 is 4.81. The van der Waals surface area contributed by atoms with Crippen molar-refractivity contribution in [1.29, 1.82) is 0 Å². The minimum absolute atomic E-state index is 0.0847. The lowest BCUT2D eigenvalue weighted by atomic mass is 10.3. The zero-order valence-corrected chi connectivity index (χ0v) is 12.7. The summed E-state index contributed by atoms with van der Waals surface area (Å²) in [5.41, 5.74) is 0.806. The van der Waals surface area contributed by atoms with Gasteiger partial charge in [0.05, 0.1) is 11.9 Å². The average molecular weight is 299 g/mol. The van der Waals surface area contributed by atoms with Gasteiger partial charge in [0, 0.05) is 10.6 Å². The van der Waals surface area contributed by atoms with Gasteiger partial charge in [0.1, 0.15) is 5.75 Å². The molecule has 1 saturated carbocycles. The third kappa shape index (κ3) is 3.22. The first-order valence-corrected chi connectivity index (χ1v) is 7.73. The van der Waals surface area contributed by atoms with Crippen molar-refractivity contribution in [3.05, 3.63) is 54.6 Å². The first kappa shape index (κ1) is 14.0. The smallest absolute Gasteiger partial charge is 0.240 e. The SMILES string of the molecule is COc1ccc(NC(=O)C2(Sc3ccccc3)CC2)cc1. The van der Waals surface area contributed by atoms with E-state index in [4.69, 9.17) is 4.74 Å². The highest BCUT2D eigenvalue weighted by Gasteiger charge is 2.50. The van der Waals surface area contributed by atoms with E-state index in [9.17, 15) is 4.79 Å².